The highest BCUT2D eigenvalue weighted by Crippen LogP contribution is 2.23. The van der Waals surface area contributed by atoms with E-state index < -0.39 is 11.6 Å². The number of fused-ring (bicyclic) bond motifs is 1. The Bertz CT molecular complexity index is 994. The molecule has 0 radical (unpaired) electrons. The number of hydrogen-bond donors (Lipinski definition) is 0. The molecular formula is C18H12BrClO4. The average Bonchev–Trinajstić information content (AvgIpc) is 2.54. The smallest absolute Gasteiger partial charge is 0.340 e. The molecule has 4 nitrogen and oxygen atoms in total. The van der Waals surface area contributed by atoms with Crippen LogP contribution in [0.5, 0.6) is 0 Å². The lowest BCUT2D eigenvalue weighted by atomic mass is 10.1. The van der Waals surface area contributed by atoms with E-state index in [2.05, 4.69) is 15.9 Å². The van der Waals surface area contributed by atoms with Crippen LogP contribution < -0.4 is 5.63 Å². The van der Waals surface area contributed by atoms with Gasteiger partial charge in [0.1, 0.15) is 12.2 Å². The Kier molecular flexibility index (Phi) is 4.73. The molecule has 0 atom stereocenters. The minimum atomic E-state index is -0.560. The van der Waals surface area contributed by atoms with E-state index in [0.29, 0.717) is 16.2 Å². The third-order valence-corrected chi connectivity index (χ3v) is 4.32. The Morgan fingerprint density at radius 3 is 2.79 bits per heavy atom. The Morgan fingerprint density at radius 1 is 1.21 bits per heavy atom. The number of carbonyl (C=O) groups is 1. The van der Waals surface area contributed by atoms with E-state index in [1.165, 1.54) is 6.07 Å². The van der Waals surface area contributed by atoms with Crippen LogP contribution in [0, 0.1) is 6.92 Å². The highest BCUT2D eigenvalue weighted by atomic mass is 79.9. The third-order valence-electron chi connectivity index (χ3n) is 3.49. The second-order valence-electron chi connectivity index (χ2n) is 5.29. The molecule has 3 rings (SSSR count). The van der Waals surface area contributed by atoms with Crippen LogP contribution in [-0.2, 0) is 11.3 Å². The average molecular weight is 408 g/mol. The van der Waals surface area contributed by atoms with Gasteiger partial charge in [-0.1, -0.05) is 39.7 Å². The van der Waals surface area contributed by atoms with E-state index in [1.54, 1.807) is 24.3 Å². The number of rotatable bonds is 3. The van der Waals surface area contributed by atoms with Crippen molar-refractivity contribution in [1.29, 1.82) is 0 Å². The van der Waals surface area contributed by atoms with Crippen molar-refractivity contribution in [1.82, 2.24) is 0 Å². The molecule has 24 heavy (non-hydrogen) atoms. The highest BCUT2D eigenvalue weighted by molar-refractivity contribution is 9.10. The Morgan fingerprint density at radius 2 is 2.00 bits per heavy atom. The molecule has 0 fully saturated rings. The molecule has 0 bridgehead atoms. The summed E-state index contributed by atoms with van der Waals surface area (Å²) in [5.41, 5.74) is 1.80. The first-order valence-electron chi connectivity index (χ1n) is 7.09. The summed E-state index contributed by atoms with van der Waals surface area (Å²) in [5, 5.41) is 1.03. The molecule has 0 aliphatic heterocycles. The van der Waals surface area contributed by atoms with E-state index in [-0.39, 0.29) is 12.2 Å². The summed E-state index contributed by atoms with van der Waals surface area (Å²) in [7, 11) is 0. The summed E-state index contributed by atoms with van der Waals surface area (Å²) >= 11 is 9.31. The Balaban J connectivity index is 1.89. The minimum Gasteiger partial charge on any atom is -0.457 e. The fraction of sp³-hybridized carbons (Fsp3) is 0.111. The van der Waals surface area contributed by atoms with E-state index >= 15 is 0 Å². The maximum atomic E-state index is 12.2. The van der Waals surface area contributed by atoms with Crippen LogP contribution >= 0.6 is 27.5 Å². The maximum absolute atomic E-state index is 12.2. The summed E-state index contributed by atoms with van der Waals surface area (Å²) in [6, 6.07) is 11.8. The first-order chi connectivity index (χ1) is 11.4. The molecule has 0 unspecified atom stereocenters. The molecule has 122 valence electrons. The molecule has 1 heterocycles. The van der Waals surface area contributed by atoms with Gasteiger partial charge in [-0.3, -0.25) is 0 Å². The van der Waals surface area contributed by atoms with Crippen molar-refractivity contribution >= 4 is 44.5 Å². The Hall–Kier alpha value is -2.11. The van der Waals surface area contributed by atoms with Gasteiger partial charge in [0.15, 0.2) is 0 Å². The van der Waals surface area contributed by atoms with Crippen LogP contribution in [0.25, 0.3) is 11.0 Å². The van der Waals surface area contributed by atoms with E-state index in [1.807, 2.05) is 19.1 Å². The van der Waals surface area contributed by atoms with Crippen LogP contribution in [0.1, 0.15) is 21.5 Å². The van der Waals surface area contributed by atoms with E-state index in [0.717, 1.165) is 15.4 Å². The summed E-state index contributed by atoms with van der Waals surface area (Å²) in [6.45, 7) is 1.86. The van der Waals surface area contributed by atoms with E-state index in [4.69, 9.17) is 20.8 Å². The number of ether oxygens (including phenoxy) is 1. The van der Waals surface area contributed by atoms with Crippen molar-refractivity contribution in [2.24, 2.45) is 0 Å². The molecule has 6 heteroatoms. The summed E-state index contributed by atoms with van der Waals surface area (Å²) in [5.74, 6) is -0.560. The molecule has 0 saturated heterocycles. The fourth-order valence-corrected chi connectivity index (χ4v) is 2.89. The van der Waals surface area contributed by atoms with Gasteiger partial charge in [-0.05, 0) is 36.8 Å². The normalized spacial score (nSPS) is 10.8. The largest absolute Gasteiger partial charge is 0.457 e. The van der Waals surface area contributed by atoms with Crippen LogP contribution in [0.2, 0.25) is 5.02 Å². The summed E-state index contributed by atoms with van der Waals surface area (Å²) in [4.78, 5) is 23.9. The second kappa shape index (κ2) is 6.79. The van der Waals surface area contributed by atoms with Crippen molar-refractivity contribution < 1.29 is 13.9 Å². The zero-order valence-corrected chi connectivity index (χ0v) is 15.0. The second-order valence-corrected chi connectivity index (χ2v) is 6.61. The van der Waals surface area contributed by atoms with Gasteiger partial charge in [0, 0.05) is 21.5 Å². The molecule has 0 spiro atoms. The van der Waals surface area contributed by atoms with Gasteiger partial charge in [0.25, 0.3) is 0 Å². The molecule has 0 saturated carbocycles. The van der Waals surface area contributed by atoms with Gasteiger partial charge < -0.3 is 9.15 Å². The van der Waals surface area contributed by atoms with Crippen molar-refractivity contribution in [3.05, 3.63) is 79.1 Å². The van der Waals surface area contributed by atoms with Crippen LogP contribution in [0.3, 0.4) is 0 Å². The van der Waals surface area contributed by atoms with Gasteiger partial charge >= 0.3 is 11.6 Å². The molecule has 0 amide bonds. The lowest BCUT2D eigenvalue weighted by molar-refractivity contribution is 0.0474. The maximum Gasteiger partial charge on any atom is 0.340 e. The zero-order valence-electron chi connectivity index (χ0n) is 12.6. The Labute approximate surface area is 151 Å². The number of benzene rings is 2. The summed E-state index contributed by atoms with van der Waals surface area (Å²) < 4.78 is 11.2. The van der Waals surface area contributed by atoms with Gasteiger partial charge in [-0.2, -0.15) is 0 Å². The highest BCUT2D eigenvalue weighted by Gasteiger charge is 2.14. The minimum absolute atomic E-state index is 0.0488. The number of hydrogen-bond acceptors (Lipinski definition) is 4. The van der Waals surface area contributed by atoms with Crippen LogP contribution in [0.4, 0.5) is 0 Å². The van der Waals surface area contributed by atoms with Gasteiger partial charge in [0.05, 0.1) is 10.6 Å². The number of carbonyl (C=O) groups excluding carboxylic acids is 1. The van der Waals surface area contributed by atoms with Crippen molar-refractivity contribution in [3.8, 4) is 0 Å². The van der Waals surface area contributed by atoms with Crippen molar-refractivity contribution in [2.75, 3.05) is 0 Å². The van der Waals surface area contributed by atoms with Crippen molar-refractivity contribution in [2.45, 2.75) is 13.5 Å². The number of esters is 1. The third kappa shape index (κ3) is 3.52. The lowest BCUT2D eigenvalue weighted by Crippen LogP contribution is -2.08. The topological polar surface area (TPSA) is 56.5 Å². The fourth-order valence-electron chi connectivity index (χ4n) is 2.33. The standard InChI is InChI=1S/C18H12BrClO4/c1-10-2-4-13-11(7-17(21)24-16(13)6-10)9-23-18(22)14-8-12(19)3-5-15(14)20/h2-8H,9H2,1H3. The molecule has 0 aliphatic carbocycles. The molecule has 3 aromatic rings. The van der Waals surface area contributed by atoms with Crippen molar-refractivity contribution in [3.63, 3.8) is 0 Å². The molecule has 0 N–H and O–H groups in total. The quantitative estimate of drug-likeness (QED) is 0.459. The van der Waals surface area contributed by atoms with Crippen LogP contribution in [0.15, 0.2) is 56.1 Å². The molecule has 0 aliphatic rings. The monoisotopic (exact) mass is 406 g/mol. The molecule has 1 aromatic heterocycles. The lowest BCUT2D eigenvalue weighted by Gasteiger charge is -2.09. The van der Waals surface area contributed by atoms with Gasteiger partial charge in [-0.25, -0.2) is 9.59 Å². The molecular weight excluding hydrogens is 396 g/mol. The van der Waals surface area contributed by atoms with Gasteiger partial charge in [0.2, 0.25) is 0 Å². The predicted octanol–water partition coefficient (Wildman–Crippen LogP) is 4.87. The first-order valence-corrected chi connectivity index (χ1v) is 8.27. The van der Waals surface area contributed by atoms with E-state index in [9.17, 15) is 9.59 Å². The predicted molar refractivity (Wildman–Crippen MR) is 95.5 cm³/mol. The number of aryl methyl sites for hydroxylation is 1. The summed E-state index contributed by atoms with van der Waals surface area (Å²) in [6.07, 6.45) is 0. The zero-order chi connectivity index (χ0) is 17.3. The SMILES string of the molecule is Cc1ccc2c(COC(=O)c3cc(Br)ccc3Cl)cc(=O)oc2c1. The molecule has 2 aromatic carbocycles. The van der Waals surface area contributed by atoms with Crippen LogP contribution in [-0.4, -0.2) is 5.97 Å². The first kappa shape index (κ1) is 16.7. The van der Waals surface area contributed by atoms with Gasteiger partial charge in [-0.15, -0.1) is 0 Å². The number of halogens is 2.